The molecule has 0 heterocycles. The zero-order valence-electron chi connectivity index (χ0n) is 14.3. The molecule has 0 fully saturated rings. The van der Waals surface area contributed by atoms with Crippen LogP contribution in [-0.4, -0.2) is 23.9 Å². The highest BCUT2D eigenvalue weighted by Crippen LogP contribution is 2.14. The van der Waals surface area contributed by atoms with Crippen molar-refractivity contribution in [1.82, 2.24) is 0 Å². The predicted octanol–water partition coefficient (Wildman–Crippen LogP) is 3.14. The van der Waals surface area contributed by atoms with Crippen molar-refractivity contribution >= 4 is 29.2 Å². The molecule has 25 heavy (non-hydrogen) atoms. The number of aryl methyl sites for hydroxylation is 1. The lowest BCUT2D eigenvalue weighted by Gasteiger charge is -2.14. The van der Waals surface area contributed by atoms with Crippen molar-refractivity contribution in [3.8, 4) is 0 Å². The first-order chi connectivity index (χ1) is 11.8. The zero-order valence-corrected chi connectivity index (χ0v) is 14.3. The van der Waals surface area contributed by atoms with Gasteiger partial charge in [0, 0.05) is 18.3 Å². The summed E-state index contributed by atoms with van der Waals surface area (Å²) >= 11 is 0. The number of nitrogens with one attached hydrogen (secondary N) is 2. The van der Waals surface area contributed by atoms with E-state index in [9.17, 15) is 14.4 Å². The van der Waals surface area contributed by atoms with Crippen molar-refractivity contribution < 1.29 is 19.1 Å². The molecule has 0 saturated carbocycles. The van der Waals surface area contributed by atoms with Gasteiger partial charge in [-0.3, -0.25) is 9.59 Å². The maximum Gasteiger partial charge on any atom is 0.338 e. The first-order valence-corrected chi connectivity index (χ1v) is 7.81. The van der Waals surface area contributed by atoms with Crippen LogP contribution in [0.2, 0.25) is 0 Å². The number of hydrogen-bond donors (Lipinski definition) is 2. The maximum atomic E-state index is 12.2. The summed E-state index contributed by atoms with van der Waals surface area (Å²) in [5, 5.41) is 5.30. The summed E-state index contributed by atoms with van der Waals surface area (Å²) in [6.45, 7) is 4.80. The van der Waals surface area contributed by atoms with E-state index in [1.165, 1.54) is 13.8 Å². The van der Waals surface area contributed by atoms with Gasteiger partial charge < -0.3 is 15.4 Å². The van der Waals surface area contributed by atoms with Crippen LogP contribution in [0, 0.1) is 6.92 Å². The Morgan fingerprint density at radius 1 is 0.960 bits per heavy atom. The number of benzene rings is 2. The molecule has 0 spiro atoms. The van der Waals surface area contributed by atoms with Gasteiger partial charge in [-0.25, -0.2) is 4.79 Å². The molecule has 130 valence electrons. The molecule has 0 aliphatic carbocycles. The normalized spacial score (nSPS) is 11.3. The molecule has 1 atom stereocenters. The number of carbonyl (C=O) groups excluding carboxylic acids is 3. The minimum atomic E-state index is -0.942. The van der Waals surface area contributed by atoms with Crippen LogP contribution in [0.15, 0.2) is 48.5 Å². The second kappa shape index (κ2) is 8.10. The second-order valence-corrected chi connectivity index (χ2v) is 5.66. The number of hydrogen-bond acceptors (Lipinski definition) is 4. The van der Waals surface area contributed by atoms with Crippen LogP contribution in [0.5, 0.6) is 0 Å². The third-order valence-electron chi connectivity index (χ3n) is 3.38. The van der Waals surface area contributed by atoms with E-state index in [1.54, 1.807) is 42.5 Å². The van der Waals surface area contributed by atoms with Gasteiger partial charge >= 0.3 is 5.97 Å². The molecular formula is C19H20N2O4. The fourth-order valence-corrected chi connectivity index (χ4v) is 2.14. The largest absolute Gasteiger partial charge is 0.449 e. The summed E-state index contributed by atoms with van der Waals surface area (Å²) in [5.41, 5.74) is 2.51. The third kappa shape index (κ3) is 5.46. The van der Waals surface area contributed by atoms with Crippen LogP contribution in [0.3, 0.4) is 0 Å². The van der Waals surface area contributed by atoms with Crippen LogP contribution in [0.1, 0.15) is 29.8 Å². The number of amides is 2. The summed E-state index contributed by atoms with van der Waals surface area (Å²) in [6.07, 6.45) is -0.942. The minimum Gasteiger partial charge on any atom is -0.449 e. The summed E-state index contributed by atoms with van der Waals surface area (Å²) in [6, 6.07) is 13.6. The fraction of sp³-hybridized carbons (Fsp3) is 0.211. The van der Waals surface area contributed by atoms with Gasteiger partial charge in [-0.2, -0.15) is 0 Å². The standard InChI is InChI=1S/C19H20N2O4/c1-12-5-4-6-15(11-12)19(24)25-13(2)18(23)21-17-9-7-16(8-10-17)20-14(3)22/h4-11,13H,1-3H3,(H,20,22)(H,21,23)/t13-/m1/s1. The van der Waals surface area contributed by atoms with E-state index >= 15 is 0 Å². The average molecular weight is 340 g/mol. The molecule has 2 N–H and O–H groups in total. The Hall–Kier alpha value is -3.15. The van der Waals surface area contributed by atoms with Gasteiger partial charge in [0.15, 0.2) is 6.10 Å². The van der Waals surface area contributed by atoms with Crippen LogP contribution in [0.25, 0.3) is 0 Å². The van der Waals surface area contributed by atoms with E-state index < -0.39 is 18.0 Å². The second-order valence-electron chi connectivity index (χ2n) is 5.66. The molecule has 0 unspecified atom stereocenters. The Labute approximate surface area is 146 Å². The average Bonchev–Trinajstić information content (AvgIpc) is 2.56. The van der Waals surface area contributed by atoms with Crippen molar-refractivity contribution in [1.29, 1.82) is 0 Å². The predicted molar refractivity (Wildman–Crippen MR) is 95.4 cm³/mol. The molecule has 0 radical (unpaired) electrons. The fourth-order valence-electron chi connectivity index (χ4n) is 2.14. The smallest absolute Gasteiger partial charge is 0.338 e. The lowest BCUT2D eigenvalue weighted by atomic mass is 10.1. The molecule has 2 aromatic rings. The van der Waals surface area contributed by atoms with Gasteiger partial charge in [-0.15, -0.1) is 0 Å². The highest BCUT2D eigenvalue weighted by Gasteiger charge is 2.19. The van der Waals surface area contributed by atoms with Gasteiger partial charge in [-0.05, 0) is 50.2 Å². The van der Waals surface area contributed by atoms with Crippen molar-refractivity contribution in [2.24, 2.45) is 0 Å². The van der Waals surface area contributed by atoms with E-state index in [4.69, 9.17) is 4.74 Å². The third-order valence-corrected chi connectivity index (χ3v) is 3.38. The Morgan fingerprint density at radius 3 is 2.12 bits per heavy atom. The quantitative estimate of drug-likeness (QED) is 0.819. The molecule has 6 nitrogen and oxygen atoms in total. The minimum absolute atomic E-state index is 0.173. The van der Waals surface area contributed by atoms with E-state index in [2.05, 4.69) is 10.6 Å². The lowest BCUT2D eigenvalue weighted by molar-refractivity contribution is -0.123. The zero-order chi connectivity index (χ0) is 18.4. The maximum absolute atomic E-state index is 12.2. The van der Waals surface area contributed by atoms with Gasteiger partial charge in [0.1, 0.15) is 0 Å². The van der Waals surface area contributed by atoms with Crippen molar-refractivity contribution in [3.63, 3.8) is 0 Å². The molecule has 6 heteroatoms. The van der Waals surface area contributed by atoms with Crippen LogP contribution < -0.4 is 10.6 Å². The number of rotatable bonds is 5. The summed E-state index contributed by atoms with van der Waals surface area (Å²) < 4.78 is 5.19. The number of carbonyl (C=O) groups is 3. The Bertz CT molecular complexity index is 784. The molecular weight excluding hydrogens is 320 g/mol. The number of ether oxygens (including phenoxy) is 1. The molecule has 0 aromatic heterocycles. The summed E-state index contributed by atoms with van der Waals surface area (Å²) in [7, 11) is 0. The summed E-state index contributed by atoms with van der Waals surface area (Å²) in [4.78, 5) is 35.2. The van der Waals surface area contributed by atoms with Gasteiger partial charge in [-0.1, -0.05) is 17.7 Å². The van der Waals surface area contributed by atoms with Crippen molar-refractivity contribution in [2.75, 3.05) is 10.6 Å². The van der Waals surface area contributed by atoms with Gasteiger partial charge in [0.25, 0.3) is 5.91 Å². The molecule has 0 aliphatic heterocycles. The molecule has 0 saturated heterocycles. The van der Waals surface area contributed by atoms with Crippen LogP contribution >= 0.6 is 0 Å². The highest BCUT2D eigenvalue weighted by atomic mass is 16.5. The molecule has 2 amide bonds. The Kier molecular flexibility index (Phi) is 5.89. The van der Waals surface area contributed by atoms with E-state index in [0.717, 1.165) is 5.56 Å². The van der Waals surface area contributed by atoms with Crippen molar-refractivity contribution in [3.05, 3.63) is 59.7 Å². The highest BCUT2D eigenvalue weighted by molar-refractivity contribution is 5.97. The Morgan fingerprint density at radius 2 is 1.56 bits per heavy atom. The number of anilines is 2. The SMILES string of the molecule is CC(=O)Nc1ccc(NC(=O)[C@@H](C)OC(=O)c2cccc(C)c2)cc1. The van der Waals surface area contributed by atoms with Crippen LogP contribution in [0.4, 0.5) is 11.4 Å². The molecule has 0 aliphatic rings. The van der Waals surface area contributed by atoms with Gasteiger partial charge in [0.2, 0.25) is 5.91 Å². The monoisotopic (exact) mass is 340 g/mol. The van der Waals surface area contributed by atoms with E-state index in [0.29, 0.717) is 16.9 Å². The Balaban J connectivity index is 1.93. The first-order valence-electron chi connectivity index (χ1n) is 7.81. The molecule has 0 bridgehead atoms. The lowest BCUT2D eigenvalue weighted by Crippen LogP contribution is -2.30. The first kappa shape index (κ1) is 18.2. The van der Waals surface area contributed by atoms with E-state index in [1.807, 2.05) is 13.0 Å². The number of esters is 1. The van der Waals surface area contributed by atoms with Gasteiger partial charge in [0.05, 0.1) is 5.56 Å². The molecule has 2 aromatic carbocycles. The van der Waals surface area contributed by atoms with Crippen molar-refractivity contribution in [2.45, 2.75) is 26.9 Å². The molecule has 2 rings (SSSR count). The summed E-state index contributed by atoms with van der Waals surface area (Å²) in [5.74, 6) is -1.16. The van der Waals surface area contributed by atoms with E-state index in [-0.39, 0.29) is 5.91 Å². The topological polar surface area (TPSA) is 84.5 Å². The van der Waals surface area contributed by atoms with Crippen LogP contribution in [-0.2, 0) is 14.3 Å².